The van der Waals surface area contributed by atoms with Crippen molar-refractivity contribution in [3.8, 4) is 17.1 Å². The van der Waals surface area contributed by atoms with E-state index in [2.05, 4.69) is 38.5 Å². The average Bonchev–Trinajstić information content (AvgIpc) is 2.80. The highest BCUT2D eigenvalue weighted by Crippen LogP contribution is 2.31. The van der Waals surface area contributed by atoms with Crippen molar-refractivity contribution in [2.24, 2.45) is 0 Å². The quantitative estimate of drug-likeness (QED) is 0.769. The van der Waals surface area contributed by atoms with Crippen LogP contribution < -0.4 is 0 Å². The van der Waals surface area contributed by atoms with Gasteiger partial charge >= 0.3 is 0 Å². The minimum absolute atomic E-state index is 0.229. The normalized spacial score (nSPS) is 11.1. The Morgan fingerprint density at radius 2 is 2.00 bits per heavy atom. The van der Waals surface area contributed by atoms with E-state index in [1.165, 1.54) is 0 Å². The summed E-state index contributed by atoms with van der Waals surface area (Å²) in [6, 6.07) is 13.6. The number of para-hydroxylation sites is 2. The molecule has 0 atom stereocenters. The summed E-state index contributed by atoms with van der Waals surface area (Å²) in [7, 11) is 0. The Hall–Kier alpha value is -1.81. The van der Waals surface area contributed by atoms with Crippen molar-refractivity contribution in [2.45, 2.75) is 13.5 Å². The number of aryl methyl sites for hydroxylation is 1. The molecule has 0 spiro atoms. The number of aromatic nitrogens is 2. The second kappa shape index (κ2) is 4.70. The summed E-state index contributed by atoms with van der Waals surface area (Å²) in [5.74, 6) is 1.11. The van der Waals surface area contributed by atoms with E-state index in [4.69, 9.17) is 0 Å². The van der Waals surface area contributed by atoms with Gasteiger partial charge in [-0.3, -0.25) is 0 Å². The first-order valence-corrected chi connectivity index (χ1v) is 6.94. The molecule has 3 rings (SSSR count). The van der Waals surface area contributed by atoms with E-state index in [0.29, 0.717) is 4.47 Å². The Balaban J connectivity index is 2.26. The summed E-state index contributed by atoms with van der Waals surface area (Å²) in [6.07, 6.45) is 0. The van der Waals surface area contributed by atoms with E-state index in [1.54, 1.807) is 6.07 Å². The maximum atomic E-state index is 9.82. The highest BCUT2D eigenvalue weighted by Gasteiger charge is 2.12. The molecular weight excluding hydrogens is 304 g/mol. The SMILES string of the molecule is CCn1c(-c2ccc(Br)c(O)c2)nc2ccccc21. The Morgan fingerprint density at radius 3 is 2.74 bits per heavy atom. The molecule has 2 aromatic carbocycles. The highest BCUT2D eigenvalue weighted by molar-refractivity contribution is 9.10. The van der Waals surface area contributed by atoms with E-state index in [1.807, 2.05) is 30.3 Å². The summed E-state index contributed by atoms with van der Waals surface area (Å²) in [6.45, 7) is 2.93. The maximum Gasteiger partial charge on any atom is 0.141 e. The molecule has 0 bridgehead atoms. The first-order chi connectivity index (χ1) is 9.20. The number of aromatic hydroxyl groups is 1. The van der Waals surface area contributed by atoms with Gasteiger partial charge in [0.25, 0.3) is 0 Å². The summed E-state index contributed by atoms with van der Waals surface area (Å²) >= 11 is 3.29. The van der Waals surface area contributed by atoms with Gasteiger partial charge in [-0.15, -0.1) is 0 Å². The predicted molar refractivity (Wildman–Crippen MR) is 80.2 cm³/mol. The summed E-state index contributed by atoms with van der Waals surface area (Å²) < 4.78 is 2.84. The zero-order valence-electron chi connectivity index (χ0n) is 10.5. The molecular formula is C15H13BrN2O. The van der Waals surface area contributed by atoms with E-state index in [0.717, 1.165) is 29.0 Å². The molecule has 0 unspecified atom stereocenters. The average molecular weight is 317 g/mol. The fourth-order valence-electron chi connectivity index (χ4n) is 2.27. The van der Waals surface area contributed by atoms with Crippen molar-refractivity contribution in [3.05, 3.63) is 46.9 Å². The Morgan fingerprint density at radius 1 is 1.21 bits per heavy atom. The molecule has 96 valence electrons. The number of nitrogens with zero attached hydrogens (tertiary/aromatic N) is 2. The molecule has 0 saturated heterocycles. The number of benzene rings is 2. The molecule has 1 N–H and O–H groups in total. The number of hydrogen-bond donors (Lipinski definition) is 1. The minimum atomic E-state index is 0.229. The molecule has 4 heteroatoms. The molecule has 3 aromatic rings. The van der Waals surface area contributed by atoms with Crippen LogP contribution in [-0.2, 0) is 6.54 Å². The number of phenols is 1. The lowest BCUT2D eigenvalue weighted by Gasteiger charge is -2.07. The summed E-state index contributed by atoms with van der Waals surface area (Å²) in [5.41, 5.74) is 3.00. The second-order valence-corrected chi connectivity index (χ2v) is 5.19. The highest BCUT2D eigenvalue weighted by atomic mass is 79.9. The largest absolute Gasteiger partial charge is 0.507 e. The van der Waals surface area contributed by atoms with E-state index in [-0.39, 0.29) is 5.75 Å². The van der Waals surface area contributed by atoms with E-state index < -0.39 is 0 Å². The van der Waals surface area contributed by atoms with Gasteiger partial charge in [-0.1, -0.05) is 12.1 Å². The Labute approximate surface area is 119 Å². The monoisotopic (exact) mass is 316 g/mol. The molecule has 1 aromatic heterocycles. The molecule has 0 saturated carbocycles. The van der Waals surface area contributed by atoms with Gasteiger partial charge in [0.2, 0.25) is 0 Å². The molecule has 0 amide bonds. The van der Waals surface area contributed by atoms with Crippen LogP contribution in [-0.4, -0.2) is 14.7 Å². The van der Waals surface area contributed by atoms with Gasteiger partial charge in [-0.25, -0.2) is 4.98 Å². The number of rotatable bonds is 2. The molecule has 0 fully saturated rings. The van der Waals surface area contributed by atoms with Crippen LogP contribution in [0.5, 0.6) is 5.75 Å². The van der Waals surface area contributed by atoms with Crippen molar-refractivity contribution in [3.63, 3.8) is 0 Å². The molecule has 0 aliphatic heterocycles. The molecule has 0 radical (unpaired) electrons. The summed E-state index contributed by atoms with van der Waals surface area (Å²) in [5, 5.41) is 9.82. The maximum absolute atomic E-state index is 9.82. The van der Waals surface area contributed by atoms with Crippen LogP contribution in [0.25, 0.3) is 22.4 Å². The number of hydrogen-bond acceptors (Lipinski definition) is 2. The van der Waals surface area contributed by atoms with Gasteiger partial charge in [0.15, 0.2) is 0 Å². The molecule has 3 nitrogen and oxygen atoms in total. The fourth-order valence-corrected chi connectivity index (χ4v) is 2.51. The third kappa shape index (κ3) is 2.02. The minimum Gasteiger partial charge on any atom is -0.507 e. The van der Waals surface area contributed by atoms with E-state index in [9.17, 15) is 5.11 Å². The van der Waals surface area contributed by atoms with Crippen molar-refractivity contribution in [1.82, 2.24) is 9.55 Å². The number of phenolic OH excluding ortho intramolecular Hbond substituents is 1. The van der Waals surface area contributed by atoms with Gasteiger partial charge in [-0.05, 0) is 53.2 Å². The zero-order valence-corrected chi connectivity index (χ0v) is 12.1. The second-order valence-electron chi connectivity index (χ2n) is 4.33. The summed E-state index contributed by atoms with van der Waals surface area (Å²) in [4.78, 5) is 4.66. The van der Waals surface area contributed by atoms with Gasteiger partial charge < -0.3 is 9.67 Å². The molecule has 19 heavy (non-hydrogen) atoms. The van der Waals surface area contributed by atoms with Crippen molar-refractivity contribution >= 4 is 27.0 Å². The Bertz CT molecular complexity index is 749. The number of fused-ring (bicyclic) bond motifs is 1. The standard InChI is InChI=1S/C15H13BrN2O/c1-2-18-13-6-4-3-5-12(13)17-15(18)10-7-8-11(16)14(19)9-10/h3-9,19H,2H2,1H3. The van der Waals surface area contributed by atoms with Crippen LogP contribution in [0.2, 0.25) is 0 Å². The zero-order chi connectivity index (χ0) is 13.4. The van der Waals surface area contributed by atoms with Gasteiger partial charge in [0, 0.05) is 12.1 Å². The first kappa shape index (κ1) is 12.2. The lowest BCUT2D eigenvalue weighted by atomic mass is 10.2. The topological polar surface area (TPSA) is 38.0 Å². The van der Waals surface area contributed by atoms with Gasteiger partial charge in [0.1, 0.15) is 11.6 Å². The van der Waals surface area contributed by atoms with Crippen molar-refractivity contribution in [2.75, 3.05) is 0 Å². The van der Waals surface area contributed by atoms with Crippen LogP contribution in [0, 0.1) is 0 Å². The lowest BCUT2D eigenvalue weighted by Crippen LogP contribution is -1.97. The molecule has 1 heterocycles. The van der Waals surface area contributed by atoms with Crippen molar-refractivity contribution < 1.29 is 5.11 Å². The van der Waals surface area contributed by atoms with Crippen LogP contribution in [0.15, 0.2) is 46.9 Å². The van der Waals surface area contributed by atoms with Crippen LogP contribution in [0.3, 0.4) is 0 Å². The van der Waals surface area contributed by atoms with Crippen LogP contribution >= 0.6 is 15.9 Å². The predicted octanol–water partition coefficient (Wildman–Crippen LogP) is 4.19. The van der Waals surface area contributed by atoms with Gasteiger partial charge in [-0.2, -0.15) is 0 Å². The van der Waals surface area contributed by atoms with Gasteiger partial charge in [0.05, 0.1) is 15.5 Å². The molecule has 0 aliphatic rings. The van der Waals surface area contributed by atoms with Crippen molar-refractivity contribution in [1.29, 1.82) is 0 Å². The lowest BCUT2D eigenvalue weighted by molar-refractivity contribution is 0.472. The fraction of sp³-hybridized carbons (Fsp3) is 0.133. The third-order valence-electron chi connectivity index (χ3n) is 3.18. The Kier molecular flexibility index (Phi) is 3.03. The van der Waals surface area contributed by atoms with Crippen LogP contribution in [0.4, 0.5) is 0 Å². The number of halogens is 1. The number of imidazole rings is 1. The smallest absolute Gasteiger partial charge is 0.141 e. The third-order valence-corrected chi connectivity index (χ3v) is 3.85. The van der Waals surface area contributed by atoms with E-state index >= 15 is 0 Å². The first-order valence-electron chi connectivity index (χ1n) is 6.15. The van der Waals surface area contributed by atoms with Crippen LogP contribution in [0.1, 0.15) is 6.92 Å². The molecule has 0 aliphatic carbocycles.